The van der Waals surface area contributed by atoms with Crippen molar-refractivity contribution in [3.8, 4) is 11.5 Å². The molecule has 0 aliphatic carbocycles. The zero-order valence-electron chi connectivity index (χ0n) is 12.6. The van der Waals surface area contributed by atoms with Crippen LogP contribution in [-0.4, -0.2) is 13.0 Å². The number of hydrogen-bond acceptors (Lipinski definition) is 4. The Morgan fingerprint density at radius 3 is 2.61 bits per heavy atom. The molecule has 2 rings (SSSR count). The van der Waals surface area contributed by atoms with Crippen LogP contribution < -0.4 is 20.7 Å². The molecule has 0 unspecified atom stereocenters. The summed E-state index contributed by atoms with van der Waals surface area (Å²) in [6.07, 6.45) is 2.97. The SMILES string of the molecule is COc1cc(/C=C/C(=O)NN)ccc1OCc1ccc(Cl)cc1. The van der Waals surface area contributed by atoms with Gasteiger partial charge in [0.25, 0.3) is 5.91 Å². The standard InChI is InChI=1S/C17H17ClN2O3/c1-22-16-10-12(5-9-17(21)20-19)4-8-15(16)23-11-13-2-6-14(18)7-3-13/h2-10H,11,19H2,1H3,(H,20,21)/b9-5+. The Labute approximate surface area is 139 Å². The molecular formula is C17H17ClN2O3. The monoisotopic (exact) mass is 332 g/mol. The van der Waals surface area contributed by atoms with Crippen molar-refractivity contribution >= 4 is 23.6 Å². The topological polar surface area (TPSA) is 73.6 Å². The molecule has 23 heavy (non-hydrogen) atoms. The second-order valence-electron chi connectivity index (χ2n) is 4.67. The second-order valence-corrected chi connectivity index (χ2v) is 5.10. The molecule has 0 saturated heterocycles. The molecule has 0 aliphatic rings. The number of carbonyl (C=O) groups excluding carboxylic acids is 1. The van der Waals surface area contributed by atoms with Crippen molar-refractivity contribution in [1.82, 2.24) is 5.43 Å². The first-order valence-electron chi connectivity index (χ1n) is 6.86. The Morgan fingerprint density at radius 1 is 1.22 bits per heavy atom. The fourth-order valence-corrected chi connectivity index (χ4v) is 1.99. The van der Waals surface area contributed by atoms with Crippen molar-refractivity contribution in [1.29, 1.82) is 0 Å². The van der Waals surface area contributed by atoms with E-state index >= 15 is 0 Å². The Hall–Kier alpha value is -2.50. The highest BCUT2D eigenvalue weighted by Gasteiger charge is 2.05. The first-order valence-corrected chi connectivity index (χ1v) is 7.24. The Morgan fingerprint density at radius 2 is 1.96 bits per heavy atom. The van der Waals surface area contributed by atoms with Crippen LogP contribution in [0, 0.1) is 0 Å². The summed E-state index contributed by atoms with van der Waals surface area (Å²) >= 11 is 5.85. The Kier molecular flexibility index (Phi) is 6.02. The number of carbonyl (C=O) groups is 1. The zero-order chi connectivity index (χ0) is 16.7. The number of methoxy groups -OCH3 is 1. The molecule has 120 valence electrons. The third kappa shape index (κ3) is 5.02. The van der Waals surface area contributed by atoms with Crippen LogP contribution in [0.25, 0.3) is 6.08 Å². The van der Waals surface area contributed by atoms with Gasteiger partial charge in [0, 0.05) is 11.1 Å². The van der Waals surface area contributed by atoms with Gasteiger partial charge in [-0.05, 0) is 41.5 Å². The third-order valence-corrected chi connectivity index (χ3v) is 3.32. The molecular weight excluding hydrogens is 316 g/mol. The summed E-state index contributed by atoms with van der Waals surface area (Å²) in [7, 11) is 1.56. The predicted molar refractivity (Wildman–Crippen MR) is 90.1 cm³/mol. The molecule has 0 bridgehead atoms. The maximum absolute atomic E-state index is 11.1. The summed E-state index contributed by atoms with van der Waals surface area (Å²) in [5, 5.41) is 0.684. The zero-order valence-corrected chi connectivity index (χ0v) is 13.3. The van der Waals surface area contributed by atoms with Crippen LogP contribution >= 0.6 is 11.6 Å². The smallest absolute Gasteiger partial charge is 0.257 e. The third-order valence-electron chi connectivity index (χ3n) is 3.06. The lowest BCUT2D eigenvalue weighted by Crippen LogP contribution is -2.27. The molecule has 0 saturated carbocycles. The van der Waals surface area contributed by atoms with Crippen molar-refractivity contribution in [2.45, 2.75) is 6.61 Å². The molecule has 0 atom stereocenters. The van der Waals surface area contributed by atoms with Crippen molar-refractivity contribution in [3.05, 3.63) is 64.7 Å². The number of amides is 1. The van der Waals surface area contributed by atoms with E-state index < -0.39 is 0 Å². The molecule has 2 aromatic rings. The number of hydrazine groups is 1. The lowest BCUT2D eigenvalue weighted by Gasteiger charge is -2.11. The van der Waals surface area contributed by atoms with E-state index in [0.717, 1.165) is 11.1 Å². The van der Waals surface area contributed by atoms with Gasteiger partial charge in [-0.15, -0.1) is 0 Å². The van der Waals surface area contributed by atoms with E-state index in [1.807, 2.05) is 35.8 Å². The lowest BCUT2D eigenvalue weighted by molar-refractivity contribution is -0.116. The number of ether oxygens (including phenoxy) is 2. The van der Waals surface area contributed by atoms with Crippen LogP contribution in [0.5, 0.6) is 11.5 Å². The average molecular weight is 333 g/mol. The molecule has 6 heteroatoms. The maximum Gasteiger partial charge on any atom is 0.257 e. The van der Waals surface area contributed by atoms with Crippen LogP contribution in [-0.2, 0) is 11.4 Å². The molecule has 0 spiro atoms. The quantitative estimate of drug-likeness (QED) is 0.369. The highest BCUT2D eigenvalue weighted by molar-refractivity contribution is 6.30. The number of nitrogens with two attached hydrogens (primary N) is 1. The molecule has 0 fully saturated rings. The summed E-state index contributed by atoms with van der Waals surface area (Å²) in [6, 6.07) is 12.8. The lowest BCUT2D eigenvalue weighted by atomic mass is 10.2. The van der Waals surface area contributed by atoms with Crippen molar-refractivity contribution in [3.63, 3.8) is 0 Å². The Balaban J connectivity index is 2.08. The maximum atomic E-state index is 11.1. The minimum atomic E-state index is -0.382. The van der Waals surface area contributed by atoms with E-state index in [1.165, 1.54) is 6.08 Å². The number of rotatable bonds is 6. The highest BCUT2D eigenvalue weighted by Crippen LogP contribution is 2.29. The van der Waals surface area contributed by atoms with E-state index in [9.17, 15) is 4.79 Å². The summed E-state index contributed by atoms with van der Waals surface area (Å²) in [5.74, 6) is 5.83. The summed E-state index contributed by atoms with van der Waals surface area (Å²) in [6.45, 7) is 0.401. The number of benzene rings is 2. The molecule has 0 radical (unpaired) electrons. The largest absolute Gasteiger partial charge is 0.493 e. The molecule has 2 aromatic carbocycles. The van der Waals surface area contributed by atoms with Gasteiger partial charge in [-0.3, -0.25) is 10.2 Å². The van der Waals surface area contributed by atoms with Crippen LogP contribution in [0.2, 0.25) is 5.02 Å². The number of halogens is 1. The van der Waals surface area contributed by atoms with E-state index in [1.54, 1.807) is 25.3 Å². The Bertz CT molecular complexity index is 699. The van der Waals surface area contributed by atoms with Gasteiger partial charge in [-0.25, -0.2) is 5.84 Å². The minimum absolute atomic E-state index is 0.382. The van der Waals surface area contributed by atoms with Crippen LogP contribution in [0.15, 0.2) is 48.5 Å². The van der Waals surface area contributed by atoms with Crippen molar-refractivity contribution in [2.24, 2.45) is 5.84 Å². The average Bonchev–Trinajstić information content (AvgIpc) is 2.59. The number of nitrogens with one attached hydrogen (secondary N) is 1. The van der Waals surface area contributed by atoms with E-state index in [2.05, 4.69) is 0 Å². The highest BCUT2D eigenvalue weighted by atomic mass is 35.5. The normalized spacial score (nSPS) is 10.6. The summed E-state index contributed by atoms with van der Waals surface area (Å²) in [4.78, 5) is 11.1. The van der Waals surface area contributed by atoms with Gasteiger partial charge in [0.05, 0.1) is 7.11 Å². The van der Waals surface area contributed by atoms with E-state index in [4.69, 9.17) is 26.9 Å². The van der Waals surface area contributed by atoms with Crippen LogP contribution in [0.1, 0.15) is 11.1 Å². The van der Waals surface area contributed by atoms with Gasteiger partial charge in [-0.1, -0.05) is 29.8 Å². The van der Waals surface area contributed by atoms with Crippen LogP contribution in [0.4, 0.5) is 0 Å². The summed E-state index contributed by atoms with van der Waals surface area (Å²) < 4.78 is 11.1. The molecule has 0 aromatic heterocycles. The number of hydrogen-bond donors (Lipinski definition) is 2. The predicted octanol–water partition coefficient (Wildman–Crippen LogP) is 2.93. The first kappa shape index (κ1) is 16.9. The minimum Gasteiger partial charge on any atom is -0.493 e. The van der Waals surface area contributed by atoms with E-state index in [0.29, 0.717) is 23.1 Å². The van der Waals surface area contributed by atoms with E-state index in [-0.39, 0.29) is 5.91 Å². The van der Waals surface area contributed by atoms with Crippen molar-refractivity contribution in [2.75, 3.05) is 7.11 Å². The van der Waals surface area contributed by atoms with Gasteiger partial charge in [0.15, 0.2) is 11.5 Å². The van der Waals surface area contributed by atoms with Gasteiger partial charge in [-0.2, -0.15) is 0 Å². The fourth-order valence-electron chi connectivity index (χ4n) is 1.87. The second kappa shape index (κ2) is 8.22. The first-order chi connectivity index (χ1) is 11.1. The fraction of sp³-hybridized carbons (Fsp3) is 0.118. The molecule has 1 amide bonds. The van der Waals surface area contributed by atoms with Gasteiger partial charge >= 0.3 is 0 Å². The van der Waals surface area contributed by atoms with Crippen molar-refractivity contribution < 1.29 is 14.3 Å². The molecule has 0 aliphatic heterocycles. The molecule has 5 nitrogen and oxygen atoms in total. The van der Waals surface area contributed by atoms with Gasteiger partial charge in [0.2, 0.25) is 0 Å². The molecule has 3 N–H and O–H groups in total. The van der Waals surface area contributed by atoms with Crippen LogP contribution in [0.3, 0.4) is 0 Å². The van der Waals surface area contributed by atoms with Gasteiger partial charge < -0.3 is 9.47 Å². The molecule has 0 heterocycles. The summed E-state index contributed by atoms with van der Waals surface area (Å²) in [5.41, 5.74) is 3.82. The van der Waals surface area contributed by atoms with Gasteiger partial charge in [0.1, 0.15) is 6.61 Å².